The highest BCUT2D eigenvalue weighted by atomic mass is 32.1. The van der Waals surface area contributed by atoms with Gasteiger partial charge >= 0.3 is 0 Å². The number of β-amino-alcohol motifs (C(OH)–C–C–N with tert-alkyl or cyclic N) is 1. The van der Waals surface area contributed by atoms with Crippen molar-refractivity contribution in [2.75, 3.05) is 6.54 Å². The molecule has 1 saturated heterocycles. The second kappa shape index (κ2) is 11.0. The molecule has 204 valence electrons. The summed E-state index contributed by atoms with van der Waals surface area (Å²) in [5.41, 5.74) is 7.70. The lowest BCUT2D eigenvalue weighted by Crippen LogP contribution is -2.54. The summed E-state index contributed by atoms with van der Waals surface area (Å²) in [6.07, 6.45) is 0.313. The molecule has 2 aromatic carbocycles. The molecule has 1 fully saturated rings. The van der Waals surface area contributed by atoms with Crippen LogP contribution in [-0.4, -0.2) is 62.2 Å². The standard InChI is InChI=1S/C31H35N3O4S/c1-18(2)28(34-15-23-7-5-6-8-25(23)30(34)37)31(38)33-16-24(35)14-26(33)27(36)12-11-21-9-10-22(13-19(21)3)29-20(4)32-17-39-29/h5-10,13,17-18,24,26,28,35H,11-12,14-16H2,1-4H3/t24-,26+,28+/m1/s1. The van der Waals surface area contributed by atoms with Crippen molar-refractivity contribution in [1.82, 2.24) is 14.8 Å². The molecule has 8 heteroatoms. The van der Waals surface area contributed by atoms with Gasteiger partial charge in [0, 0.05) is 31.5 Å². The lowest BCUT2D eigenvalue weighted by Gasteiger charge is -2.35. The predicted octanol–water partition coefficient (Wildman–Crippen LogP) is 4.57. The summed E-state index contributed by atoms with van der Waals surface area (Å²) in [7, 11) is 0. The zero-order valence-corrected chi connectivity index (χ0v) is 23.7. The Kier molecular flexibility index (Phi) is 7.69. The van der Waals surface area contributed by atoms with Crippen molar-refractivity contribution >= 4 is 28.9 Å². The van der Waals surface area contributed by atoms with Crippen molar-refractivity contribution in [3.05, 3.63) is 75.9 Å². The van der Waals surface area contributed by atoms with Crippen molar-refractivity contribution in [2.24, 2.45) is 5.92 Å². The van der Waals surface area contributed by atoms with Crippen molar-refractivity contribution in [1.29, 1.82) is 0 Å². The van der Waals surface area contributed by atoms with Crippen LogP contribution >= 0.6 is 11.3 Å². The minimum Gasteiger partial charge on any atom is -0.391 e. The Morgan fingerprint density at radius 1 is 1.15 bits per heavy atom. The van der Waals surface area contributed by atoms with Crippen LogP contribution in [0.4, 0.5) is 0 Å². The van der Waals surface area contributed by atoms with Gasteiger partial charge in [0.15, 0.2) is 5.78 Å². The highest BCUT2D eigenvalue weighted by Crippen LogP contribution is 2.32. The van der Waals surface area contributed by atoms with Gasteiger partial charge in [-0.2, -0.15) is 0 Å². The number of thiazole rings is 1. The van der Waals surface area contributed by atoms with Crippen LogP contribution in [0.1, 0.15) is 59.4 Å². The van der Waals surface area contributed by atoms with E-state index in [0.717, 1.165) is 32.8 Å². The van der Waals surface area contributed by atoms with Crippen LogP contribution in [-0.2, 0) is 22.6 Å². The Hall–Kier alpha value is -3.36. The number of aliphatic hydroxyl groups is 1. The average Bonchev–Trinajstić information content (AvgIpc) is 3.60. The van der Waals surface area contributed by atoms with E-state index < -0.39 is 18.2 Å². The Labute approximate surface area is 233 Å². The maximum absolute atomic E-state index is 13.9. The summed E-state index contributed by atoms with van der Waals surface area (Å²) >= 11 is 1.61. The van der Waals surface area contributed by atoms with E-state index in [4.69, 9.17) is 0 Å². The van der Waals surface area contributed by atoms with E-state index in [-0.39, 0.29) is 42.9 Å². The minimum atomic E-state index is -0.758. The van der Waals surface area contributed by atoms with Crippen LogP contribution < -0.4 is 0 Å². The first-order valence-electron chi connectivity index (χ1n) is 13.6. The number of hydrogen-bond acceptors (Lipinski definition) is 6. The molecule has 3 aromatic rings. The number of Topliss-reactive ketones (excluding diaryl/α,β-unsaturated/α-hetero) is 1. The fraction of sp³-hybridized carbons (Fsp3) is 0.419. The molecule has 0 radical (unpaired) electrons. The van der Waals surface area contributed by atoms with Crippen LogP contribution in [0.2, 0.25) is 0 Å². The van der Waals surface area contributed by atoms with Crippen molar-refractivity contribution in [3.63, 3.8) is 0 Å². The summed E-state index contributed by atoms with van der Waals surface area (Å²) in [5.74, 6) is -0.623. The summed E-state index contributed by atoms with van der Waals surface area (Å²) in [4.78, 5) is 49.2. The minimum absolute atomic E-state index is 0.0554. The number of aromatic nitrogens is 1. The number of nitrogens with zero attached hydrogens (tertiary/aromatic N) is 3. The SMILES string of the molecule is Cc1cc(-c2scnc2C)ccc1CCC(=O)[C@@H]1C[C@@H](O)CN1C(=O)[C@H](C(C)C)N1Cc2ccccc2C1=O. The van der Waals surface area contributed by atoms with Crippen LogP contribution in [0.3, 0.4) is 0 Å². The molecule has 0 unspecified atom stereocenters. The molecule has 2 amide bonds. The van der Waals surface area contributed by atoms with E-state index in [1.807, 2.05) is 51.4 Å². The Bertz CT molecular complexity index is 1410. The van der Waals surface area contributed by atoms with E-state index in [1.165, 1.54) is 4.90 Å². The number of benzene rings is 2. The molecule has 7 nitrogen and oxygen atoms in total. The fourth-order valence-electron chi connectivity index (χ4n) is 5.93. The van der Waals surface area contributed by atoms with Gasteiger partial charge < -0.3 is 14.9 Å². The van der Waals surface area contributed by atoms with E-state index in [1.54, 1.807) is 22.3 Å². The van der Waals surface area contributed by atoms with E-state index >= 15 is 0 Å². The van der Waals surface area contributed by atoms with Crippen molar-refractivity contribution in [3.8, 4) is 10.4 Å². The lowest BCUT2D eigenvalue weighted by molar-refractivity contribution is -0.142. The summed E-state index contributed by atoms with van der Waals surface area (Å²) < 4.78 is 0. The number of carbonyl (C=O) groups excluding carboxylic acids is 3. The molecule has 0 bridgehead atoms. The number of ketones is 1. The summed E-state index contributed by atoms with van der Waals surface area (Å²) in [6.45, 7) is 8.36. The average molecular weight is 546 g/mol. The number of aryl methyl sites for hydroxylation is 3. The number of aliphatic hydroxyl groups excluding tert-OH is 1. The topological polar surface area (TPSA) is 90.8 Å². The van der Waals surface area contributed by atoms with Gasteiger partial charge in [-0.25, -0.2) is 4.98 Å². The molecule has 3 atom stereocenters. The molecule has 5 rings (SSSR count). The number of rotatable bonds is 8. The zero-order valence-electron chi connectivity index (χ0n) is 22.9. The van der Waals surface area contributed by atoms with Gasteiger partial charge in [0.05, 0.1) is 28.2 Å². The Morgan fingerprint density at radius 2 is 1.92 bits per heavy atom. The first-order valence-corrected chi connectivity index (χ1v) is 14.4. The maximum atomic E-state index is 13.9. The van der Waals surface area contributed by atoms with Crippen LogP contribution in [0, 0.1) is 19.8 Å². The molecule has 39 heavy (non-hydrogen) atoms. The maximum Gasteiger partial charge on any atom is 0.255 e. The number of fused-ring (bicyclic) bond motifs is 1. The first-order chi connectivity index (χ1) is 18.7. The smallest absolute Gasteiger partial charge is 0.255 e. The van der Waals surface area contributed by atoms with Gasteiger partial charge in [-0.1, -0.05) is 50.2 Å². The monoisotopic (exact) mass is 545 g/mol. The Balaban J connectivity index is 1.29. The predicted molar refractivity (Wildman–Crippen MR) is 151 cm³/mol. The lowest BCUT2D eigenvalue weighted by atomic mass is 9.96. The number of hydrogen-bond donors (Lipinski definition) is 1. The van der Waals surface area contributed by atoms with Crippen LogP contribution in [0.25, 0.3) is 10.4 Å². The zero-order chi connectivity index (χ0) is 27.8. The number of amides is 2. The normalized spacial score (nSPS) is 19.6. The molecule has 0 spiro atoms. The molecule has 3 heterocycles. The molecular weight excluding hydrogens is 510 g/mol. The van der Waals surface area contributed by atoms with Gasteiger partial charge in [0.2, 0.25) is 5.91 Å². The molecule has 1 N–H and O–H groups in total. The van der Waals surface area contributed by atoms with Gasteiger partial charge in [0.25, 0.3) is 5.91 Å². The third-order valence-corrected chi connectivity index (χ3v) is 8.97. The van der Waals surface area contributed by atoms with E-state index in [0.29, 0.717) is 18.5 Å². The second-order valence-corrected chi connectivity index (χ2v) is 11.9. The highest BCUT2D eigenvalue weighted by Gasteiger charge is 2.45. The van der Waals surface area contributed by atoms with E-state index in [9.17, 15) is 19.5 Å². The van der Waals surface area contributed by atoms with Gasteiger partial charge in [-0.3, -0.25) is 14.4 Å². The number of likely N-dealkylation sites (tertiary alicyclic amines) is 1. The molecule has 1 aromatic heterocycles. The van der Waals surface area contributed by atoms with Crippen LogP contribution in [0.15, 0.2) is 48.0 Å². The summed E-state index contributed by atoms with van der Waals surface area (Å²) in [5, 5.41) is 10.5. The molecular formula is C31H35N3O4S. The quantitative estimate of drug-likeness (QED) is 0.448. The van der Waals surface area contributed by atoms with Gasteiger partial charge in [0.1, 0.15) is 6.04 Å². The van der Waals surface area contributed by atoms with Gasteiger partial charge in [-0.15, -0.1) is 11.3 Å². The number of carbonyl (C=O) groups is 3. The highest BCUT2D eigenvalue weighted by molar-refractivity contribution is 7.13. The Morgan fingerprint density at radius 3 is 2.59 bits per heavy atom. The molecule has 0 saturated carbocycles. The third-order valence-electron chi connectivity index (χ3n) is 7.99. The van der Waals surface area contributed by atoms with Gasteiger partial charge in [-0.05, 0) is 54.5 Å². The van der Waals surface area contributed by atoms with Crippen molar-refractivity contribution < 1.29 is 19.5 Å². The second-order valence-electron chi connectivity index (χ2n) is 11.0. The summed E-state index contributed by atoms with van der Waals surface area (Å²) in [6, 6.07) is 12.3. The first kappa shape index (κ1) is 27.2. The van der Waals surface area contributed by atoms with Crippen LogP contribution in [0.5, 0.6) is 0 Å². The fourth-order valence-corrected chi connectivity index (χ4v) is 6.74. The van der Waals surface area contributed by atoms with Crippen molar-refractivity contribution in [2.45, 2.75) is 71.7 Å². The molecule has 2 aliphatic rings. The van der Waals surface area contributed by atoms with E-state index in [2.05, 4.69) is 23.2 Å². The molecule has 0 aliphatic carbocycles. The molecule has 2 aliphatic heterocycles. The largest absolute Gasteiger partial charge is 0.391 e. The third kappa shape index (κ3) is 5.28.